The second kappa shape index (κ2) is 11.2. The third-order valence-electron chi connectivity index (χ3n) is 4.36. The molecule has 1 amide bonds. The van der Waals surface area contributed by atoms with E-state index in [0.717, 1.165) is 14.6 Å². The SMILES string of the molecule is CCOc1cc(C(=O)NCc2ccc(C(O)c3cccs3)s2)cc(OCC)c1OCC. The summed E-state index contributed by atoms with van der Waals surface area (Å²) in [7, 11) is 0. The number of carbonyl (C=O) groups is 1. The molecule has 3 rings (SSSR count). The zero-order chi connectivity index (χ0) is 22.2. The molecule has 2 N–H and O–H groups in total. The van der Waals surface area contributed by atoms with Gasteiger partial charge in [0.15, 0.2) is 11.5 Å². The summed E-state index contributed by atoms with van der Waals surface area (Å²) in [5, 5.41) is 15.3. The Kier molecular flexibility index (Phi) is 8.34. The standard InChI is InChI=1S/C23H27NO5S2/c1-4-27-17-12-15(13-18(28-5-2)22(17)29-6-3)23(26)24-14-16-9-10-20(31-16)21(25)19-8-7-11-30-19/h7-13,21,25H,4-6,14H2,1-3H3,(H,24,26). The first-order valence-corrected chi connectivity index (χ1v) is 11.9. The van der Waals surface area contributed by atoms with Crippen LogP contribution in [0.3, 0.4) is 0 Å². The lowest BCUT2D eigenvalue weighted by Crippen LogP contribution is -2.22. The molecule has 0 fully saturated rings. The van der Waals surface area contributed by atoms with E-state index in [2.05, 4.69) is 5.32 Å². The zero-order valence-electron chi connectivity index (χ0n) is 17.8. The van der Waals surface area contributed by atoms with Crippen molar-refractivity contribution in [3.63, 3.8) is 0 Å². The molecule has 0 aliphatic carbocycles. The quantitative estimate of drug-likeness (QED) is 0.419. The van der Waals surface area contributed by atoms with E-state index in [0.29, 0.717) is 49.2 Å². The van der Waals surface area contributed by atoms with Crippen molar-refractivity contribution in [3.8, 4) is 17.2 Å². The number of thiophene rings is 2. The summed E-state index contributed by atoms with van der Waals surface area (Å²) in [6.45, 7) is 7.36. The van der Waals surface area contributed by atoms with Crippen LogP contribution in [0.2, 0.25) is 0 Å². The van der Waals surface area contributed by atoms with Gasteiger partial charge in [0.25, 0.3) is 5.91 Å². The molecule has 1 atom stereocenters. The molecule has 2 heterocycles. The first kappa shape index (κ1) is 23.1. The number of nitrogens with one attached hydrogen (secondary N) is 1. The fourth-order valence-electron chi connectivity index (χ4n) is 3.01. The lowest BCUT2D eigenvalue weighted by Gasteiger charge is -2.17. The molecular formula is C23H27NO5S2. The Hall–Kier alpha value is -2.55. The van der Waals surface area contributed by atoms with Crippen LogP contribution in [0.5, 0.6) is 17.2 Å². The maximum atomic E-state index is 12.8. The molecule has 1 aromatic carbocycles. The van der Waals surface area contributed by atoms with E-state index in [-0.39, 0.29) is 5.91 Å². The second-order valence-corrected chi connectivity index (χ2v) is 8.68. The van der Waals surface area contributed by atoms with Gasteiger partial charge in [-0.15, -0.1) is 22.7 Å². The van der Waals surface area contributed by atoms with Gasteiger partial charge in [0.2, 0.25) is 5.75 Å². The van der Waals surface area contributed by atoms with Crippen LogP contribution in [0.15, 0.2) is 41.8 Å². The molecule has 0 radical (unpaired) electrons. The van der Waals surface area contributed by atoms with Gasteiger partial charge < -0.3 is 24.6 Å². The number of hydrogen-bond donors (Lipinski definition) is 2. The summed E-state index contributed by atoms with van der Waals surface area (Å²) in [6.07, 6.45) is -0.636. The Labute approximate surface area is 190 Å². The van der Waals surface area contributed by atoms with E-state index in [9.17, 15) is 9.90 Å². The minimum atomic E-state index is -0.636. The maximum Gasteiger partial charge on any atom is 0.251 e. The number of aliphatic hydroxyl groups is 1. The average molecular weight is 462 g/mol. The minimum Gasteiger partial charge on any atom is -0.490 e. The van der Waals surface area contributed by atoms with Crippen LogP contribution < -0.4 is 19.5 Å². The number of carbonyl (C=O) groups excluding carboxylic acids is 1. The first-order valence-electron chi connectivity index (χ1n) is 10.2. The van der Waals surface area contributed by atoms with Gasteiger partial charge in [-0.05, 0) is 56.5 Å². The Morgan fingerprint density at radius 3 is 2.26 bits per heavy atom. The van der Waals surface area contributed by atoms with Crippen LogP contribution >= 0.6 is 22.7 Å². The van der Waals surface area contributed by atoms with E-state index in [4.69, 9.17) is 14.2 Å². The predicted molar refractivity (Wildman–Crippen MR) is 124 cm³/mol. The van der Waals surface area contributed by atoms with Crippen LogP contribution in [0.4, 0.5) is 0 Å². The highest BCUT2D eigenvalue weighted by molar-refractivity contribution is 7.12. The molecule has 0 saturated heterocycles. The highest BCUT2D eigenvalue weighted by atomic mass is 32.1. The van der Waals surface area contributed by atoms with Gasteiger partial charge in [-0.25, -0.2) is 0 Å². The van der Waals surface area contributed by atoms with Crippen LogP contribution in [-0.2, 0) is 6.54 Å². The molecule has 2 aromatic heterocycles. The summed E-state index contributed by atoms with van der Waals surface area (Å²) in [5.74, 6) is 1.24. The van der Waals surface area contributed by atoms with Crippen LogP contribution in [0, 0.1) is 0 Å². The van der Waals surface area contributed by atoms with Gasteiger partial charge in [-0.1, -0.05) is 6.07 Å². The summed E-state index contributed by atoms with van der Waals surface area (Å²) < 4.78 is 17.1. The molecule has 0 saturated carbocycles. The Bertz CT molecular complexity index is 957. The lowest BCUT2D eigenvalue weighted by molar-refractivity contribution is 0.0950. The summed E-state index contributed by atoms with van der Waals surface area (Å²) >= 11 is 3.00. The smallest absolute Gasteiger partial charge is 0.251 e. The average Bonchev–Trinajstić information content (AvgIpc) is 3.46. The van der Waals surface area contributed by atoms with Crippen molar-refractivity contribution in [1.82, 2.24) is 5.32 Å². The normalized spacial score (nSPS) is 11.7. The van der Waals surface area contributed by atoms with Crippen molar-refractivity contribution < 1.29 is 24.1 Å². The Balaban J connectivity index is 1.73. The molecule has 166 valence electrons. The first-order chi connectivity index (χ1) is 15.1. The Morgan fingerprint density at radius 2 is 1.68 bits per heavy atom. The van der Waals surface area contributed by atoms with Crippen molar-refractivity contribution in [3.05, 3.63) is 62.0 Å². The van der Waals surface area contributed by atoms with E-state index >= 15 is 0 Å². The van der Waals surface area contributed by atoms with Crippen LogP contribution in [0.1, 0.15) is 51.9 Å². The molecule has 1 unspecified atom stereocenters. The fraction of sp³-hybridized carbons (Fsp3) is 0.348. The van der Waals surface area contributed by atoms with Gasteiger partial charge in [0.05, 0.1) is 26.4 Å². The molecule has 31 heavy (non-hydrogen) atoms. The Morgan fingerprint density at radius 1 is 1.00 bits per heavy atom. The molecule has 0 aliphatic heterocycles. The van der Waals surface area contributed by atoms with Crippen molar-refractivity contribution >= 4 is 28.6 Å². The van der Waals surface area contributed by atoms with E-state index in [1.54, 1.807) is 12.1 Å². The minimum absolute atomic E-state index is 0.237. The highest BCUT2D eigenvalue weighted by Crippen LogP contribution is 2.39. The number of aliphatic hydroxyl groups excluding tert-OH is 1. The largest absolute Gasteiger partial charge is 0.490 e. The van der Waals surface area contributed by atoms with Gasteiger partial charge in [0, 0.05) is 20.2 Å². The zero-order valence-corrected chi connectivity index (χ0v) is 19.5. The van der Waals surface area contributed by atoms with Crippen LogP contribution in [0.25, 0.3) is 0 Å². The van der Waals surface area contributed by atoms with Crippen molar-refractivity contribution in [2.45, 2.75) is 33.4 Å². The maximum absolute atomic E-state index is 12.8. The summed E-state index contributed by atoms with van der Waals surface area (Å²) in [4.78, 5) is 15.5. The second-order valence-electron chi connectivity index (χ2n) is 6.51. The van der Waals surface area contributed by atoms with Crippen molar-refractivity contribution in [2.24, 2.45) is 0 Å². The number of rotatable bonds is 11. The monoisotopic (exact) mass is 461 g/mol. The van der Waals surface area contributed by atoms with Crippen LogP contribution in [-0.4, -0.2) is 30.8 Å². The molecule has 6 nitrogen and oxygen atoms in total. The van der Waals surface area contributed by atoms with Gasteiger partial charge >= 0.3 is 0 Å². The van der Waals surface area contributed by atoms with Gasteiger partial charge in [0.1, 0.15) is 6.10 Å². The third-order valence-corrected chi connectivity index (χ3v) is 6.42. The number of amides is 1. The third kappa shape index (κ3) is 5.78. The molecule has 0 aliphatic rings. The molecular weight excluding hydrogens is 434 g/mol. The van der Waals surface area contributed by atoms with Gasteiger partial charge in [-0.2, -0.15) is 0 Å². The van der Waals surface area contributed by atoms with E-state index < -0.39 is 6.10 Å². The summed E-state index contributed by atoms with van der Waals surface area (Å²) in [6, 6.07) is 11.0. The van der Waals surface area contributed by atoms with E-state index in [1.165, 1.54) is 22.7 Å². The number of benzene rings is 1. The molecule has 0 spiro atoms. The molecule has 3 aromatic rings. The molecule has 8 heteroatoms. The van der Waals surface area contributed by atoms with Gasteiger partial charge in [-0.3, -0.25) is 4.79 Å². The summed E-state index contributed by atoms with van der Waals surface area (Å²) in [5.41, 5.74) is 0.436. The number of ether oxygens (including phenoxy) is 3. The van der Waals surface area contributed by atoms with Crippen molar-refractivity contribution in [1.29, 1.82) is 0 Å². The topological polar surface area (TPSA) is 77.0 Å². The van der Waals surface area contributed by atoms with Crippen molar-refractivity contribution in [2.75, 3.05) is 19.8 Å². The predicted octanol–water partition coefficient (Wildman–Crippen LogP) is 5.02. The fourth-order valence-corrected chi connectivity index (χ4v) is 4.77. The highest BCUT2D eigenvalue weighted by Gasteiger charge is 2.19. The lowest BCUT2D eigenvalue weighted by atomic mass is 10.1. The number of hydrogen-bond acceptors (Lipinski definition) is 7. The molecule has 0 bridgehead atoms. The van der Waals surface area contributed by atoms with E-state index in [1.807, 2.05) is 50.4 Å².